The van der Waals surface area contributed by atoms with Crippen molar-refractivity contribution in [2.75, 3.05) is 12.3 Å². The number of aryl methyl sites for hydroxylation is 1. The molecule has 2 atom stereocenters. The summed E-state index contributed by atoms with van der Waals surface area (Å²) < 4.78 is 12.4. The Labute approximate surface area is 135 Å². The molecule has 2 rings (SSSR count). The summed E-state index contributed by atoms with van der Waals surface area (Å²) in [5.74, 6) is -2.02. The third-order valence-electron chi connectivity index (χ3n) is 3.66. The second-order valence-corrected chi connectivity index (χ2v) is 8.02. The van der Waals surface area contributed by atoms with Gasteiger partial charge in [0.25, 0.3) is 0 Å². The van der Waals surface area contributed by atoms with Crippen LogP contribution in [0, 0.1) is 0 Å². The van der Waals surface area contributed by atoms with E-state index in [4.69, 9.17) is 0 Å². The molecule has 5 nitrogen and oxygen atoms in total. The first-order chi connectivity index (χ1) is 11.0. The number of hydrogen-bond donors (Lipinski definition) is 2. The van der Waals surface area contributed by atoms with Gasteiger partial charge in [-0.15, -0.1) is 0 Å². The number of carboxylic acids is 1. The fraction of sp³-hybridized carbons (Fsp3) is 0.294. The Hall–Kier alpha value is -1.97. The van der Waals surface area contributed by atoms with E-state index in [-0.39, 0.29) is 12.3 Å². The lowest BCUT2D eigenvalue weighted by atomic mass is 10.0. The van der Waals surface area contributed by atoms with E-state index < -0.39 is 19.3 Å². The van der Waals surface area contributed by atoms with Crippen LogP contribution in [0.5, 0.6) is 0 Å². The van der Waals surface area contributed by atoms with Gasteiger partial charge >= 0.3 is 5.97 Å². The number of rotatable bonds is 8. The fourth-order valence-electron chi connectivity index (χ4n) is 2.46. The van der Waals surface area contributed by atoms with Crippen LogP contribution in [0.15, 0.2) is 54.9 Å². The fourth-order valence-corrected chi connectivity index (χ4v) is 4.24. The minimum absolute atomic E-state index is 0.110. The van der Waals surface area contributed by atoms with E-state index in [0.717, 1.165) is 5.56 Å². The van der Waals surface area contributed by atoms with Gasteiger partial charge in [-0.2, -0.15) is 0 Å². The van der Waals surface area contributed by atoms with Gasteiger partial charge < -0.3 is 10.00 Å². The number of aliphatic carboxylic acids is 1. The van der Waals surface area contributed by atoms with Crippen LogP contribution < -0.4 is 0 Å². The zero-order valence-electron chi connectivity index (χ0n) is 12.7. The lowest BCUT2D eigenvalue weighted by Gasteiger charge is -2.17. The second kappa shape index (κ2) is 8.04. The third kappa shape index (κ3) is 5.62. The molecule has 23 heavy (non-hydrogen) atoms. The quantitative estimate of drug-likeness (QED) is 0.725. The molecular weight excluding hydrogens is 313 g/mol. The minimum Gasteiger partial charge on any atom is -0.481 e. The van der Waals surface area contributed by atoms with Gasteiger partial charge in [0.05, 0.1) is 5.92 Å². The highest BCUT2D eigenvalue weighted by Crippen LogP contribution is 2.45. The van der Waals surface area contributed by atoms with Crippen LogP contribution in [0.2, 0.25) is 0 Å². The van der Waals surface area contributed by atoms with Gasteiger partial charge in [-0.25, -0.2) is 0 Å². The average molecular weight is 333 g/mol. The van der Waals surface area contributed by atoms with Crippen molar-refractivity contribution in [3.8, 4) is 0 Å². The Bertz CT molecular complexity index is 676. The van der Waals surface area contributed by atoms with Crippen molar-refractivity contribution in [3.05, 3.63) is 66.0 Å². The summed E-state index contributed by atoms with van der Waals surface area (Å²) in [6.07, 6.45) is 4.46. The number of hydrogen-bond acceptors (Lipinski definition) is 3. The number of benzene rings is 1. The molecule has 0 bridgehead atoms. The molecule has 0 saturated carbocycles. The van der Waals surface area contributed by atoms with Crippen LogP contribution >= 0.6 is 7.37 Å². The number of nitrogens with zero attached hydrogens (tertiary/aromatic N) is 1. The molecule has 1 aromatic carbocycles. The molecule has 2 N–H and O–H groups in total. The standard InChI is InChI=1S/C17H20NO4P/c19-17(20)16(15-8-2-1-3-9-15)13-23(21,22)11-5-7-14-6-4-10-18-12-14/h1-4,6,8-10,12,16H,5,7,11,13H2,(H,19,20)(H,21,22). The molecule has 0 saturated heterocycles. The minimum atomic E-state index is -3.51. The molecule has 0 spiro atoms. The highest BCUT2D eigenvalue weighted by atomic mass is 31.2. The third-order valence-corrected chi connectivity index (χ3v) is 5.61. The molecule has 0 aliphatic heterocycles. The van der Waals surface area contributed by atoms with Gasteiger partial charge in [-0.3, -0.25) is 14.3 Å². The van der Waals surface area contributed by atoms with E-state index in [1.54, 1.807) is 42.7 Å². The summed E-state index contributed by atoms with van der Waals surface area (Å²) in [6.45, 7) is 0. The molecule has 0 amide bonds. The van der Waals surface area contributed by atoms with Crippen molar-refractivity contribution in [2.24, 2.45) is 0 Å². The topological polar surface area (TPSA) is 87.5 Å². The number of carbonyl (C=O) groups is 1. The highest BCUT2D eigenvalue weighted by molar-refractivity contribution is 7.58. The van der Waals surface area contributed by atoms with Crippen LogP contribution in [-0.2, 0) is 15.8 Å². The van der Waals surface area contributed by atoms with Gasteiger partial charge in [0.1, 0.15) is 0 Å². The monoisotopic (exact) mass is 333 g/mol. The van der Waals surface area contributed by atoms with Gasteiger partial charge in [0, 0.05) is 24.7 Å². The van der Waals surface area contributed by atoms with Crippen molar-refractivity contribution in [1.29, 1.82) is 0 Å². The maximum absolute atomic E-state index is 12.4. The van der Waals surface area contributed by atoms with Gasteiger partial charge in [-0.05, 0) is 30.0 Å². The normalized spacial score (nSPS) is 14.8. The molecule has 0 fully saturated rings. The van der Waals surface area contributed by atoms with E-state index in [1.807, 2.05) is 12.1 Å². The predicted molar refractivity (Wildman–Crippen MR) is 88.9 cm³/mol. The van der Waals surface area contributed by atoms with E-state index in [1.165, 1.54) is 0 Å². The van der Waals surface area contributed by atoms with Crippen LogP contribution in [0.4, 0.5) is 0 Å². The van der Waals surface area contributed by atoms with Crippen molar-refractivity contribution in [1.82, 2.24) is 4.98 Å². The van der Waals surface area contributed by atoms with Crippen LogP contribution in [0.3, 0.4) is 0 Å². The largest absolute Gasteiger partial charge is 0.481 e. The maximum Gasteiger partial charge on any atom is 0.311 e. The summed E-state index contributed by atoms with van der Waals surface area (Å²) >= 11 is 0. The first-order valence-corrected chi connectivity index (χ1v) is 9.48. The number of aromatic nitrogens is 1. The Balaban J connectivity index is 1.95. The molecule has 0 aliphatic rings. The lowest BCUT2D eigenvalue weighted by Crippen LogP contribution is -2.17. The second-order valence-electron chi connectivity index (χ2n) is 5.52. The first kappa shape index (κ1) is 17.4. The Morgan fingerprint density at radius 1 is 1.17 bits per heavy atom. The Morgan fingerprint density at radius 2 is 1.91 bits per heavy atom. The van der Waals surface area contributed by atoms with Crippen molar-refractivity contribution >= 4 is 13.3 Å². The number of pyridine rings is 1. The molecule has 6 heteroatoms. The molecule has 122 valence electrons. The summed E-state index contributed by atoms with van der Waals surface area (Å²) in [6, 6.07) is 12.3. The SMILES string of the molecule is O=C(O)C(CP(=O)(O)CCCc1cccnc1)c1ccccc1. The zero-order valence-corrected chi connectivity index (χ0v) is 13.6. The summed E-state index contributed by atoms with van der Waals surface area (Å²) in [5.41, 5.74) is 1.56. The number of carboxylic acid groups (broad SMARTS) is 1. The first-order valence-electron chi connectivity index (χ1n) is 7.45. The van der Waals surface area contributed by atoms with E-state index >= 15 is 0 Å². The van der Waals surface area contributed by atoms with Crippen LogP contribution in [0.1, 0.15) is 23.5 Å². The van der Waals surface area contributed by atoms with E-state index in [2.05, 4.69) is 4.98 Å². The highest BCUT2D eigenvalue weighted by Gasteiger charge is 2.29. The van der Waals surface area contributed by atoms with E-state index in [0.29, 0.717) is 18.4 Å². The Kier molecular flexibility index (Phi) is 6.08. The van der Waals surface area contributed by atoms with Crippen LogP contribution in [0.25, 0.3) is 0 Å². The van der Waals surface area contributed by atoms with Gasteiger partial charge in [-0.1, -0.05) is 36.4 Å². The Morgan fingerprint density at radius 3 is 2.52 bits per heavy atom. The van der Waals surface area contributed by atoms with E-state index in [9.17, 15) is 19.4 Å². The van der Waals surface area contributed by atoms with Crippen LogP contribution in [-0.4, -0.2) is 33.3 Å². The predicted octanol–water partition coefficient (Wildman–Crippen LogP) is 3.15. The molecule has 1 aromatic heterocycles. The summed E-state index contributed by atoms with van der Waals surface area (Å²) in [7, 11) is -3.51. The molecule has 2 aromatic rings. The zero-order chi connectivity index (χ0) is 16.7. The molecule has 2 unspecified atom stereocenters. The van der Waals surface area contributed by atoms with Gasteiger partial charge in [0.15, 0.2) is 0 Å². The van der Waals surface area contributed by atoms with Crippen molar-refractivity contribution < 1.29 is 19.4 Å². The molecule has 0 radical (unpaired) electrons. The van der Waals surface area contributed by atoms with Gasteiger partial charge in [0.2, 0.25) is 7.37 Å². The van der Waals surface area contributed by atoms with Crippen molar-refractivity contribution in [2.45, 2.75) is 18.8 Å². The summed E-state index contributed by atoms with van der Waals surface area (Å²) in [4.78, 5) is 25.6. The van der Waals surface area contributed by atoms with Crippen molar-refractivity contribution in [3.63, 3.8) is 0 Å². The smallest absolute Gasteiger partial charge is 0.311 e. The summed E-state index contributed by atoms with van der Waals surface area (Å²) in [5, 5.41) is 9.35. The average Bonchev–Trinajstić information content (AvgIpc) is 2.54. The molecule has 0 aliphatic carbocycles. The molecular formula is C17H20NO4P. The molecule has 1 heterocycles. The lowest BCUT2D eigenvalue weighted by molar-refractivity contribution is -0.138. The maximum atomic E-state index is 12.4.